The lowest BCUT2D eigenvalue weighted by molar-refractivity contribution is 0.286. The van der Waals surface area contributed by atoms with Gasteiger partial charge in [0, 0.05) is 0 Å². The summed E-state index contributed by atoms with van der Waals surface area (Å²) in [6.07, 6.45) is 0.926. The lowest BCUT2D eigenvalue weighted by Crippen LogP contribution is -2.14. The first-order chi connectivity index (χ1) is 9.13. The number of benzene rings is 1. The molecule has 0 bridgehead atoms. The molecule has 2 rings (SSSR count). The number of nitrogens with zero attached hydrogens (tertiary/aromatic N) is 1. The summed E-state index contributed by atoms with van der Waals surface area (Å²) in [4.78, 5) is 0. The van der Waals surface area contributed by atoms with Gasteiger partial charge in [0.05, 0.1) is 12.0 Å². The van der Waals surface area contributed by atoms with Gasteiger partial charge in [0.2, 0.25) is 11.6 Å². The Labute approximate surface area is 111 Å². The smallest absolute Gasteiger partial charge is 0.215 e. The average molecular weight is 262 g/mol. The third kappa shape index (κ3) is 2.81. The summed E-state index contributed by atoms with van der Waals surface area (Å²) < 4.78 is 11.3. The van der Waals surface area contributed by atoms with Crippen molar-refractivity contribution >= 4 is 16.8 Å². The van der Waals surface area contributed by atoms with Crippen molar-refractivity contribution in [3.8, 4) is 5.75 Å². The van der Waals surface area contributed by atoms with E-state index in [1.165, 1.54) is 0 Å². The molecule has 2 aromatic rings. The number of oxime groups is 1. The number of hydrogen-bond acceptors (Lipinski definition) is 4. The molecule has 102 valence electrons. The number of fused-ring (bicyclic) bond motifs is 1. The van der Waals surface area contributed by atoms with Gasteiger partial charge in [-0.3, -0.25) is 0 Å². The first-order valence-electron chi connectivity index (χ1n) is 6.25. The predicted molar refractivity (Wildman–Crippen MR) is 73.7 cm³/mol. The minimum absolute atomic E-state index is 0.0873. The van der Waals surface area contributed by atoms with Crippen molar-refractivity contribution < 1.29 is 14.4 Å². The van der Waals surface area contributed by atoms with Gasteiger partial charge in [0.25, 0.3) is 0 Å². The zero-order valence-electron chi connectivity index (χ0n) is 11.1. The van der Waals surface area contributed by atoms with Gasteiger partial charge in [-0.2, -0.15) is 0 Å². The third-order valence-electron chi connectivity index (χ3n) is 2.83. The fourth-order valence-corrected chi connectivity index (χ4v) is 1.78. The largest absolute Gasteiger partial charge is 0.489 e. The van der Waals surface area contributed by atoms with E-state index in [0.29, 0.717) is 23.9 Å². The van der Waals surface area contributed by atoms with Crippen LogP contribution in [0, 0.1) is 5.92 Å². The van der Waals surface area contributed by atoms with Gasteiger partial charge in [-0.05, 0) is 24.5 Å². The van der Waals surface area contributed by atoms with Gasteiger partial charge < -0.3 is 20.1 Å². The Morgan fingerprint density at radius 3 is 2.84 bits per heavy atom. The zero-order chi connectivity index (χ0) is 13.8. The van der Waals surface area contributed by atoms with Crippen LogP contribution in [0.3, 0.4) is 0 Å². The highest BCUT2D eigenvalue weighted by molar-refractivity contribution is 6.03. The Kier molecular flexibility index (Phi) is 3.94. The molecule has 0 spiro atoms. The highest BCUT2D eigenvalue weighted by Crippen LogP contribution is 2.33. The summed E-state index contributed by atoms with van der Waals surface area (Å²) in [6, 6.07) is 7.46. The number of amidine groups is 1. The molecule has 19 heavy (non-hydrogen) atoms. The van der Waals surface area contributed by atoms with Crippen molar-refractivity contribution in [2.24, 2.45) is 16.8 Å². The molecule has 5 heteroatoms. The highest BCUT2D eigenvalue weighted by Gasteiger charge is 2.18. The summed E-state index contributed by atoms with van der Waals surface area (Å²) in [6.45, 7) is 4.81. The predicted octanol–water partition coefficient (Wildman–Crippen LogP) is 2.95. The van der Waals surface area contributed by atoms with Gasteiger partial charge >= 0.3 is 0 Å². The van der Waals surface area contributed by atoms with Gasteiger partial charge in [0.15, 0.2) is 5.75 Å². The van der Waals surface area contributed by atoms with Crippen LogP contribution in [0.5, 0.6) is 5.75 Å². The van der Waals surface area contributed by atoms with Crippen LogP contribution < -0.4 is 10.5 Å². The molecule has 0 aliphatic rings. The van der Waals surface area contributed by atoms with E-state index in [4.69, 9.17) is 20.1 Å². The number of nitrogens with two attached hydrogens (primary N) is 1. The van der Waals surface area contributed by atoms with Crippen molar-refractivity contribution in [2.45, 2.75) is 20.3 Å². The van der Waals surface area contributed by atoms with E-state index >= 15 is 0 Å². The maximum absolute atomic E-state index is 8.80. The van der Waals surface area contributed by atoms with Crippen LogP contribution in [-0.2, 0) is 0 Å². The first kappa shape index (κ1) is 13.3. The fourth-order valence-electron chi connectivity index (χ4n) is 1.78. The average Bonchev–Trinajstić information content (AvgIpc) is 2.77. The summed E-state index contributed by atoms with van der Waals surface area (Å²) >= 11 is 0. The molecule has 0 fully saturated rings. The Morgan fingerprint density at radius 1 is 1.42 bits per heavy atom. The molecule has 0 atom stereocenters. The molecule has 3 N–H and O–H groups in total. The van der Waals surface area contributed by atoms with E-state index < -0.39 is 0 Å². The summed E-state index contributed by atoms with van der Waals surface area (Å²) in [7, 11) is 0. The zero-order valence-corrected chi connectivity index (χ0v) is 11.1. The molecule has 1 aromatic heterocycles. The van der Waals surface area contributed by atoms with E-state index in [1.54, 1.807) is 0 Å². The van der Waals surface area contributed by atoms with Crippen molar-refractivity contribution in [3.63, 3.8) is 0 Å². The van der Waals surface area contributed by atoms with Gasteiger partial charge in [-0.1, -0.05) is 31.1 Å². The molecule has 0 aliphatic heterocycles. The second kappa shape index (κ2) is 5.65. The maximum Gasteiger partial charge on any atom is 0.215 e. The molecule has 0 unspecified atom stereocenters. The Morgan fingerprint density at radius 2 is 2.16 bits per heavy atom. The maximum atomic E-state index is 8.80. The van der Waals surface area contributed by atoms with Crippen molar-refractivity contribution in [2.75, 3.05) is 6.61 Å². The monoisotopic (exact) mass is 262 g/mol. The van der Waals surface area contributed by atoms with Gasteiger partial charge in [-0.25, -0.2) is 0 Å². The van der Waals surface area contributed by atoms with Crippen molar-refractivity contribution in [1.29, 1.82) is 0 Å². The van der Waals surface area contributed by atoms with Crippen LogP contribution >= 0.6 is 0 Å². The van der Waals surface area contributed by atoms with E-state index in [0.717, 1.165) is 11.8 Å². The molecule has 5 nitrogen and oxygen atoms in total. The molecular formula is C14H18N2O3. The third-order valence-corrected chi connectivity index (χ3v) is 2.83. The Bertz CT molecular complexity index is 587. The van der Waals surface area contributed by atoms with E-state index in [2.05, 4.69) is 19.0 Å². The second-order valence-corrected chi connectivity index (χ2v) is 4.77. The molecule has 0 saturated carbocycles. The minimum Gasteiger partial charge on any atom is -0.489 e. The molecule has 1 aromatic carbocycles. The minimum atomic E-state index is -0.0873. The normalized spacial score (nSPS) is 12.3. The van der Waals surface area contributed by atoms with E-state index in [9.17, 15) is 0 Å². The topological polar surface area (TPSA) is 81.0 Å². The summed E-state index contributed by atoms with van der Waals surface area (Å²) in [5.74, 6) is 1.26. The molecule has 0 saturated heterocycles. The molecular weight excluding hydrogens is 244 g/mol. The number of hydrogen-bond donors (Lipinski definition) is 2. The van der Waals surface area contributed by atoms with Crippen LogP contribution in [0.4, 0.5) is 0 Å². The SMILES string of the molecule is CC(C)CCOc1c(/C(N)=N/O)oc2ccccc12. The van der Waals surface area contributed by atoms with Gasteiger partial charge in [-0.15, -0.1) is 0 Å². The number of ether oxygens (including phenoxy) is 1. The molecule has 0 radical (unpaired) electrons. The van der Waals surface area contributed by atoms with Gasteiger partial charge in [0.1, 0.15) is 5.58 Å². The Hall–Kier alpha value is -2.17. The van der Waals surface area contributed by atoms with Crippen molar-refractivity contribution in [3.05, 3.63) is 30.0 Å². The quantitative estimate of drug-likeness (QED) is 0.375. The van der Waals surface area contributed by atoms with Crippen LogP contribution in [0.2, 0.25) is 0 Å². The first-order valence-corrected chi connectivity index (χ1v) is 6.25. The number of para-hydroxylation sites is 1. The molecule has 1 heterocycles. The Balaban J connectivity index is 2.37. The lowest BCUT2D eigenvalue weighted by Gasteiger charge is -2.08. The van der Waals surface area contributed by atoms with Crippen LogP contribution in [-0.4, -0.2) is 17.6 Å². The summed E-state index contributed by atoms with van der Waals surface area (Å²) in [5, 5.41) is 12.6. The van der Waals surface area contributed by atoms with Crippen LogP contribution in [0.15, 0.2) is 33.8 Å². The van der Waals surface area contributed by atoms with E-state index in [1.807, 2.05) is 24.3 Å². The lowest BCUT2D eigenvalue weighted by atomic mass is 10.1. The standard InChI is InChI=1S/C14H18N2O3/c1-9(2)7-8-18-12-10-5-3-4-6-11(10)19-13(12)14(15)16-17/h3-6,9,17H,7-8H2,1-2H3,(H2,15,16). The summed E-state index contributed by atoms with van der Waals surface area (Å²) in [5.41, 5.74) is 6.27. The second-order valence-electron chi connectivity index (χ2n) is 4.77. The van der Waals surface area contributed by atoms with Crippen molar-refractivity contribution in [1.82, 2.24) is 0 Å². The molecule has 0 amide bonds. The molecule has 0 aliphatic carbocycles. The fraction of sp³-hybridized carbons (Fsp3) is 0.357. The van der Waals surface area contributed by atoms with E-state index in [-0.39, 0.29) is 11.6 Å². The highest BCUT2D eigenvalue weighted by atomic mass is 16.5. The number of rotatable bonds is 5. The number of furan rings is 1. The van der Waals surface area contributed by atoms with Crippen LogP contribution in [0.1, 0.15) is 26.0 Å². The van der Waals surface area contributed by atoms with Crippen LogP contribution in [0.25, 0.3) is 11.0 Å².